The van der Waals surface area contributed by atoms with Gasteiger partial charge < -0.3 is 10.1 Å². The molecule has 1 saturated heterocycles. The molecule has 110 valence electrons. The van der Waals surface area contributed by atoms with Crippen molar-refractivity contribution in [1.82, 2.24) is 14.9 Å². The normalized spacial score (nSPS) is 22.9. The summed E-state index contributed by atoms with van der Waals surface area (Å²) in [6.07, 6.45) is 0.707. The molecule has 1 N–H and O–H groups in total. The first kappa shape index (κ1) is 14.7. The monoisotopic (exact) mass is 278 g/mol. The highest BCUT2D eigenvalue weighted by Crippen LogP contribution is 2.20. The molecule has 0 amide bonds. The maximum Gasteiger partial charge on any atom is 0.323 e. The lowest BCUT2D eigenvalue weighted by Crippen LogP contribution is -2.33. The van der Waals surface area contributed by atoms with Gasteiger partial charge in [0.2, 0.25) is 5.95 Å². The molecule has 2 heterocycles. The van der Waals surface area contributed by atoms with Gasteiger partial charge in [-0.25, -0.2) is 9.97 Å². The van der Waals surface area contributed by atoms with Crippen molar-refractivity contribution in [3.8, 4) is 0 Å². The molecule has 0 radical (unpaired) electrons. The Bertz CT molecular complexity index is 495. The predicted molar refractivity (Wildman–Crippen MR) is 76.7 cm³/mol. The number of esters is 1. The van der Waals surface area contributed by atoms with Crippen LogP contribution in [0.2, 0.25) is 0 Å². The summed E-state index contributed by atoms with van der Waals surface area (Å²) in [6, 6.07) is -0.0317. The number of hydrogen-bond donors (Lipinski definition) is 1. The lowest BCUT2D eigenvalue weighted by Gasteiger charge is -2.15. The van der Waals surface area contributed by atoms with Crippen LogP contribution in [0.4, 0.5) is 5.95 Å². The molecule has 2 rings (SSSR count). The summed E-state index contributed by atoms with van der Waals surface area (Å²) in [5, 5.41) is 3.32. The molecule has 1 aliphatic heterocycles. The smallest absolute Gasteiger partial charge is 0.323 e. The third-order valence-electron chi connectivity index (χ3n) is 3.99. The number of ether oxygens (including phenoxy) is 1. The molecule has 1 aromatic heterocycles. The number of aryl methyl sites for hydroxylation is 2. The zero-order valence-electron chi connectivity index (χ0n) is 12.7. The van der Waals surface area contributed by atoms with Gasteiger partial charge in [0.25, 0.3) is 0 Å². The van der Waals surface area contributed by atoms with Crippen molar-refractivity contribution >= 4 is 11.9 Å². The van der Waals surface area contributed by atoms with Crippen molar-refractivity contribution in [3.63, 3.8) is 0 Å². The second-order valence-corrected chi connectivity index (χ2v) is 5.40. The second-order valence-electron chi connectivity index (χ2n) is 5.40. The zero-order chi connectivity index (χ0) is 14.9. The first-order valence-corrected chi connectivity index (χ1v) is 6.78. The minimum absolute atomic E-state index is 0.158. The summed E-state index contributed by atoms with van der Waals surface area (Å²) < 4.78 is 4.82. The highest BCUT2D eigenvalue weighted by atomic mass is 16.5. The molecule has 0 bridgehead atoms. The summed E-state index contributed by atoms with van der Waals surface area (Å²) in [5.74, 6) is 0.448. The minimum atomic E-state index is -0.190. The van der Waals surface area contributed by atoms with Gasteiger partial charge in [0.15, 0.2) is 0 Å². The lowest BCUT2D eigenvalue weighted by molar-refractivity contribution is -0.145. The SMILES string of the molecule is COC(=O)[C@@H]1C[C@@H](Nc2nc(C)c(C)c(C)n2)CN1C. The van der Waals surface area contributed by atoms with Crippen molar-refractivity contribution in [1.29, 1.82) is 0 Å². The molecule has 0 spiro atoms. The van der Waals surface area contributed by atoms with Crippen LogP contribution in [0.3, 0.4) is 0 Å². The zero-order valence-corrected chi connectivity index (χ0v) is 12.7. The van der Waals surface area contributed by atoms with Crippen LogP contribution in [0.5, 0.6) is 0 Å². The Morgan fingerprint density at radius 3 is 2.45 bits per heavy atom. The number of rotatable bonds is 3. The Morgan fingerprint density at radius 1 is 1.30 bits per heavy atom. The minimum Gasteiger partial charge on any atom is -0.468 e. The molecule has 1 fully saturated rings. The Labute approximate surface area is 119 Å². The first-order valence-electron chi connectivity index (χ1n) is 6.78. The number of hydrogen-bond acceptors (Lipinski definition) is 6. The number of nitrogens with zero attached hydrogens (tertiary/aromatic N) is 3. The van der Waals surface area contributed by atoms with Crippen LogP contribution in [0.1, 0.15) is 23.4 Å². The summed E-state index contributed by atoms with van der Waals surface area (Å²) in [6.45, 7) is 6.75. The van der Waals surface area contributed by atoms with Crippen molar-refractivity contribution in [2.24, 2.45) is 0 Å². The van der Waals surface area contributed by atoms with Gasteiger partial charge in [-0.05, 0) is 39.8 Å². The van der Waals surface area contributed by atoms with E-state index in [1.807, 2.05) is 32.7 Å². The molecule has 6 heteroatoms. The van der Waals surface area contributed by atoms with Gasteiger partial charge in [-0.2, -0.15) is 0 Å². The van der Waals surface area contributed by atoms with Gasteiger partial charge in [0, 0.05) is 24.0 Å². The molecule has 20 heavy (non-hydrogen) atoms. The van der Waals surface area contributed by atoms with Gasteiger partial charge >= 0.3 is 5.97 Å². The number of carbonyl (C=O) groups is 1. The fourth-order valence-electron chi connectivity index (χ4n) is 2.53. The quantitative estimate of drug-likeness (QED) is 0.834. The molecule has 1 aliphatic rings. The van der Waals surface area contributed by atoms with Crippen LogP contribution in [0.15, 0.2) is 0 Å². The Balaban J connectivity index is 2.07. The van der Waals surface area contributed by atoms with Crippen LogP contribution in [0.25, 0.3) is 0 Å². The van der Waals surface area contributed by atoms with Gasteiger partial charge in [-0.1, -0.05) is 0 Å². The topological polar surface area (TPSA) is 67.3 Å². The van der Waals surface area contributed by atoms with E-state index < -0.39 is 0 Å². The molecule has 6 nitrogen and oxygen atoms in total. The number of likely N-dealkylation sites (tertiary alicyclic amines) is 1. The van der Waals surface area contributed by atoms with Crippen molar-refractivity contribution < 1.29 is 9.53 Å². The standard InChI is InChI=1S/C14H22N4O2/c1-8-9(2)15-14(16-10(8)3)17-11-6-12(13(19)20-5)18(4)7-11/h11-12H,6-7H2,1-5H3,(H,15,16,17)/t11-,12+/m1/s1. The third kappa shape index (κ3) is 2.90. The van der Waals surface area contributed by atoms with E-state index in [0.29, 0.717) is 12.4 Å². The molecular weight excluding hydrogens is 256 g/mol. The van der Waals surface area contributed by atoms with Gasteiger partial charge in [-0.15, -0.1) is 0 Å². The number of carbonyl (C=O) groups excluding carboxylic acids is 1. The van der Waals surface area contributed by atoms with Crippen LogP contribution in [-0.2, 0) is 9.53 Å². The fraction of sp³-hybridized carbons (Fsp3) is 0.643. The van der Waals surface area contributed by atoms with Crippen LogP contribution < -0.4 is 5.32 Å². The largest absolute Gasteiger partial charge is 0.468 e. The highest BCUT2D eigenvalue weighted by molar-refractivity contribution is 5.76. The summed E-state index contributed by atoms with van der Waals surface area (Å²) >= 11 is 0. The Hall–Kier alpha value is -1.69. The van der Waals surface area contributed by atoms with Crippen LogP contribution >= 0.6 is 0 Å². The number of anilines is 1. The molecular formula is C14H22N4O2. The van der Waals surface area contributed by atoms with E-state index in [4.69, 9.17) is 4.74 Å². The number of methoxy groups -OCH3 is 1. The van der Waals surface area contributed by atoms with E-state index in [-0.39, 0.29) is 18.1 Å². The maximum absolute atomic E-state index is 11.7. The van der Waals surface area contributed by atoms with Crippen LogP contribution in [-0.4, -0.2) is 53.6 Å². The average Bonchev–Trinajstić information content (AvgIpc) is 2.75. The number of aromatic nitrogens is 2. The van der Waals surface area contributed by atoms with Crippen LogP contribution in [0, 0.1) is 20.8 Å². The summed E-state index contributed by atoms with van der Waals surface area (Å²) in [7, 11) is 3.35. The summed E-state index contributed by atoms with van der Waals surface area (Å²) in [5.41, 5.74) is 3.08. The summed E-state index contributed by atoms with van der Waals surface area (Å²) in [4.78, 5) is 22.6. The maximum atomic E-state index is 11.7. The Kier molecular flexibility index (Phi) is 4.23. The molecule has 0 unspecified atom stereocenters. The molecule has 0 aliphatic carbocycles. The molecule has 0 aromatic carbocycles. The highest BCUT2D eigenvalue weighted by Gasteiger charge is 2.35. The van der Waals surface area contributed by atoms with E-state index in [9.17, 15) is 4.79 Å². The lowest BCUT2D eigenvalue weighted by atomic mass is 10.1. The van der Waals surface area contributed by atoms with E-state index >= 15 is 0 Å². The predicted octanol–water partition coefficient (Wildman–Crippen LogP) is 1.06. The van der Waals surface area contributed by atoms with Crippen molar-refractivity contribution in [3.05, 3.63) is 17.0 Å². The van der Waals surface area contributed by atoms with Crippen molar-refractivity contribution in [2.75, 3.05) is 26.0 Å². The van der Waals surface area contributed by atoms with E-state index in [0.717, 1.165) is 23.5 Å². The first-order chi connectivity index (χ1) is 9.42. The molecule has 0 saturated carbocycles. The van der Waals surface area contributed by atoms with Gasteiger partial charge in [0.05, 0.1) is 7.11 Å². The second kappa shape index (κ2) is 5.75. The van der Waals surface area contributed by atoms with E-state index in [1.54, 1.807) is 0 Å². The van der Waals surface area contributed by atoms with Gasteiger partial charge in [0.1, 0.15) is 6.04 Å². The number of likely N-dealkylation sites (N-methyl/N-ethyl adjacent to an activating group) is 1. The van der Waals surface area contributed by atoms with Gasteiger partial charge in [-0.3, -0.25) is 9.69 Å². The Morgan fingerprint density at radius 2 is 1.90 bits per heavy atom. The number of nitrogens with one attached hydrogen (secondary N) is 1. The molecule has 1 aromatic rings. The third-order valence-corrected chi connectivity index (χ3v) is 3.99. The van der Waals surface area contributed by atoms with E-state index in [2.05, 4.69) is 15.3 Å². The average molecular weight is 278 g/mol. The fourth-order valence-corrected chi connectivity index (χ4v) is 2.53. The molecule has 2 atom stereocenters. The van der Waals surface area contributed by atoms with Crippen molar-refractivity contribution in [2.45, 2.75) is 39.3 Å². The van der Waals surface area contributed by atoms with E-state index in [1.165, 1.54) is 7.11 Å².